The molecule has 0 bridgehead atoms. The van der Waals surface area contributed by atoms with Crippen LogP contribution in [0.5, 0.6) is 0 Å². The Labute approximate surface area is 129 Å². The number of hydrogen-bond donors (Lipinski definition) is 0. The molecule has 0 aromatic heterocycles. The van der Waals surface area contributed by atoms with Crippen molar-refractivity contribution in [3.63, 3.8) is 0 Å². The lowest BCUT2D eigenvalue weighted by molar-refractivity contribution is 0.00711. The van der Waals surface area contributed by atoms with E-state index in [1.807, 2.05) is 0 Å². The highest BCUT2D eigenvalue weighted by Crippen LogP contribution is 2.31. The Kier molecular flexibility index (Phi) is 4.71. The molecule has 120 valence electrons. The van der Waals surface area contributed by atoms with Gasteiger partial charge < -0.3 is 4.74 Å². The van der Waals surface area contributed by atoms with E-state index in [1.54, 1.807) is 0 Å². The van der Waals surface area contributed by atoms with Gasteiger partial charge in [-0.3, -0.25) is 4.90 Å². The Morgan fingerprint density at radius 3 is 2.82 bits per heavy atom. The first-order chi connectivity index (χ1) is 10.6. The number of fused-ring (bicyclic) bond motifs is 1. The third-order valence-electron chi connectivity index (χ3n) is 4.81. The number of nitrogens with zero attached hydrogens (tertiary/aromatic N) is 1. The molecule has 1 aromatic carbocycles. The summed E-state index contributed by atoms with van der Waals surface area (Å²) in [4.78, 5) is 14.5. The molecule has 2 saturated heterocycles. The zero-order chi connectivity index (χ0) is 15.5. The van der Waals surface area contributed by atoms with Crippen LogP contribution in [0.15, 0.2) is 18.2 Å². The molecule has 2 fully saturated rings. The van der Waals surface area contributed by atoms with Crippen LogP contribution in [0.25, 0.3) is 0 Å². The standard InChI is InChI=1S/C17H21F2NO2/c18-13-6-7-14(15(19)10-13)17(21)22-11-12-4-3-9-20-8-2-1-5-16(12)20/h6-7,10,12,16H,1-5,8-9,11H2/t12-,16+/m0/s1. The van der Waals surface area contributed by atoms with Crippen LogP contribution in [-0.4, -0.2) is 36.6 Å². The van der Waals surface area contributed by atoms with Crippen molar-refractivity contribution in [2.45, 2.75) is 38.1 Å². The number of ether oxygens (including phenoxy) is 1. The molecule has 2 atom stereocenters. The third kappa shape index (κ3) is 3.29. The molecule has 1 aromatic rings. The van der Waals surface area contributed by atoms with Gasteiger partial charge >= 0.3 is 5.97 Å². The van der Waals surface area contributed by atoms with Crippen LogP contribution in [0.2, 0.25) is 0 Å². The van der Waals surface area contributed by atoms with Crippen molar-refractivity contribution in [1.82, 2.24) is 4.90 Å². The van der Waals surface area contributed by atoms with E-state index in [4.69, 9.17) is 4.74 Å². The highest BCUT2D eigenvalue weighted by Gasteiger charge is 2.33. The molecule has 0 radical (unpaired) electrons. The van der Waals surface area contributed by atoms with Gasteiger partial charge in [-0.25, -0.2) is 13.6 Å². The number of halogens is 2. The maximum absolute atomic E-state index is 13.6. The second-order valence-electron chi connectivity index (χ2n) is 6.22. The summed E-state index contributed by atoms with van der Waals surface area (Å²) in [5.41, 5.74) is -0.197. The number of esters is 1. The van der Waals surface area contributed by atoms with Gasteiger partial charge in [0, 0.05) is 18.0 Å². The van der Waals surface area contributed by atoms with Crippen molar-refractivity contribution in [2.24, 2.45) is 5.92 Å². The lowest BCUT2D eigenvalue weighted by Crippen LogP contribution is -2.49. The van der Waals surface area contributed by atoms with Crippen molar-refractivity contribution < 1.29 is 18.3 Å². The van der Waals surface area contributed by atoms with Crippen molar-refractivity contribution in [3.05, 3.63) is 35.4 Å². The van der Waals surface area contributed by atoms with Crippen molar-refractivity contribution in [3.8, 4) is 0 Å². The molecule has 3 rings (SSSR count). The highest BCUT2D eigenvalue weighted by molar-refractivity contribution is 5.89. The number of carbonyl (C=O) groups is 1. The molecule has 5 heteroatoms. The quantitative estimate of drug-likeness (QED) is 0.802. The first-order valence-corrected chi connectivity index (χ1v) is 8.01. The molecule has 22 heavy (non-hydrogen) atoms. The second-order valence-corrected chi connectivity index (χ2v) is 6.22. The monoisotopic (exact) mass is 309 g/mol. The van der Waals surface area contributed by atoms with Gasteiger partial charge in [0.2, 0.25) is 0 Å². The molecular formula is C17H21F2NO2. The summed E-state index contributed by atoms with van der Waals surface area (Å²) in [5.74, 6) is -1.95. The lowest BCUT2D eigenvalue weighted by atomic mass is 9.84. The average Bonchev–Trinajstić information content (AvgIpc) is 2.52. The molecular weight excluding hydrogens is 288 g/mol. The van der Waals surface area contributed by atoms with Crippen molar-refractivity contribution in [1.29, 1.82) is 0 Å². The van der Waals surface area contributed by atoms with Gasteiger partial charge in [-0.2, -0.15) is 0 Å². The molecule has 0 aliphatic carbocycles. The van der Waals surface area contributed by atoms with Gasteiger partial charge in [-0.05, 0) is 50.9 Å². The molecule has 2 heterocycles. The van der Waals surface area contributed by atoms with E-state index >= 15 is 0 Å². The molecule has 0 N–H and O–H groups in total. The summed E-state index contributed by atoms with van der Waals surface area (Å²) in [7, 11) is 0. The number of piperidine rings is 2. The Morgan fingerprint density at radius 2 is 2.00 bits per heavy atom. The summed E-state index contributed by atoms with van der Waals surface area (Å²) in [6, 6.07) is 3.40. The fourth-order valence-corrected chi connectivity index (χ4v) is 3.69. The predicted octanol–water partition coefficient (Wildman–Crippen LogP) is 3.39. The van der Waals surface area contributed by atoms with E-state index in [9.17, 15) is 13.6 Å². The van der Waals surface area contributed by atoms with Crippen LogP contribution in [0, 0.1) is 17.6 Å². The number of hydrogen-bond acceptors (Lipinski definition) is 3. The van der Waals surface area contributed by atoms with Gasteiger partial charge in [0.15, 0.2) is 0 Å². The van der Waals surface area contributed by atoms with Crippen LogP contribution in [0.3, 0.4) is 0 Å². The van der Waals surface area contributed by atoms with E-state index in [1.165, 1.54) is 12.8 Å². The van der Waals surface area contributed by atoms with Crippen LogP contribution in [0.1, 0.15) is 42.5 Å². The fourth-order valence-electron chi connectivity index (χ4n) is 3.69. The zero-order valence-corrected chi connectivity index (χ0v) is 12.6. The highest BCUT2D eigenvalue weighted by atomic mass is 19.1. The Morgan fingerprint density at radius 1 is 1.18 bits per heavy atom. The molecule has 0 saturated carbocycles. The average molecular weight is 309 g/mol. The smallest absolute Gasteiger partial charge is 0.341 e. The topological polar surface area (TPSA) is 29.5 Å². The maximum Gasteiger partial charge on any atom is 0.341 e. The summed E-state index contributed by atoms with van der Waals surface area (Å²) in [6.07, 6.45) is 5.76. The maximum atomic E-state index is 13.6. The Hall–Kier alpha value is -1.49. The molecule has 0 spiro atoms. The normalized spacial score (nSPS) is 25.5. The Balaban J connectivity index is 1.60. The minimum Gasteiger partial charge on any atom is -0.462 e. The summed E-state index contributed by atoms with van der Waals surface area (Å²) < 4.78 is 31.8. The number of rotatable bonds is 3. The first-order valence-electron chi connectivity index (χ1n) is 8.01. The minimum absolute atomic E-state index is 0.197. The van der Waals surface area contributed by atoms with Gasteiger partial charge in [-0.1, -0.05) is 6.42 Å². The first kappa shape index (κ1) is 15.4. The molecule has 3 nitrogen and oxygen atoms in total. The van der Waals surface area contributed by atoms with Crippen molar-refractivity contribution in [2.75, 3.05) is 19.7 Å². The molecule has 0 unspecified atom stereocenters. The number of benzene rings is 1. The van der Waals surface area contributed by atoms with Crippen molar-refractivity contribution >= 4 is 5.97 Å². The summed E-state index contributed by atoms with van der Waals surface area (Å²) >= 11 is 0. The lowest BCUT2D eigenvalue weighted by Gasteiger charge is -2.44. The molecule has 2 aliphatic rings. The zero-order valence-electron chi connectivity index (χ0n) is 12.6. The van der Waals surface area contributed by atoms with Crippen LogP contribution in [-0.2, 0) is 4.74 Å². The van der Waals surface area contributed by atoms with E-state index in [0.29, 0.717) is 24.6 Å². The van der Waals surface area contributed by atoms with E-state index in [0.717, 1.165) is 44.5 Å². The second kappa shape index (κ2) is 6.73. The summed E-state index contributed by atoms with van der Waals surface area (Å²) in [6.45, 7) is 2.57. The van der Waals surface area contributed by atoms with E-state index in [2.05, 4.69) is 4.90 Å². The van der Waals surface area contributed by atoms with E-state index < -0.39 is 17.6 Å². The molecule has 0 amide bonds. The van der Waals surface area contributed by atoms with Gasteiger partial charge in [-0.15, -0.1) is 0 Å². The number of carbonyl (C=O) groups excluding carboxylic acids is 1. The SMILES string of the molecule is O=C(OC[C@@H]1CCCN2CCCC[C@H]12)c1ccc(F)cc1F. The molecule has 2 aliphatic heterocycles. The Bertz CT molecular complexity index is 547. The summed E-state index contributed by atoms with van der Waals surface area (Å²) in [5, 5.41) is 0. The predicted molar refractivity (Wildman–Crippen MR) is 78.6 cm³/mol. The largest absolute Gasteiger partial charge is 0.462 e. The van der Waals surface area contributed by atoms with Crippen LogP contribution in [0.4, 0.5) is 8.78 Å². The van der Waals surface area contributed by atoms with Gasteiger partial charge in [0.25, 0.3) is 0 Å². The van der Waals surface area contributed by atoms with Crippen LogP contribution >= 0.6 is 0 Å². The van der Waals surface area contributed by atoms with Gasteiger partial charge in [0.1, 0.15) is 11.6 Å². The fraction of sp³-hybridized carbons (Fsp3) is 0.588. The minimum atomic E-state index is -0.868. The third-order valence-corrected chi connectivity index (χ3v) is 4.81. The van der Waals surface area contributed by atoms with Crippen LogP contribution < -0.4 is 0 Å². The van der Waals surface area contributed by atoms with E-state index in [-0.39, 0.29) is 5.56 Å². The van der Waals surface area contributed by atoms with Gasteiger partial charge in [0.05, 0.1) is 12.2 Å².